The molecular weight excluding hydrogens is 572 g/mol. The molecule has 0 N–H and O–H groups in total. The zero-order chi connectivity index (χ0) is 29.8. The Morgan fingerprint density at radius 1 is 1.00 bits per heavy atom. The third kappa shape index (κ3) is 4.84. The number of imidazole rings is 1. The molecule has 0 aliphatic heterocycles. The standard InChI is InChI=1S/C32H27ClN4O4S/c1-5-28(38)31-24-14-23(25-18-37-27(16-35-30(37)17-34-25)20-10-12-22(33)13-11-20)26(36(3)42(4,39)40)15-29(24)41-32(31)21-8-6-19(2)7-9-21/h6-18H,5H2,1-4H3. The van der Waals surface area contributed by atoms with E-state index in [0.29, 0.717) is 49.9 Å². The number of ketones is 1. The van der Waals surface area contributed by atoms with E-state index in [-0.39, 0.29) is 12.2 Å². The van der Waals surface area contributed by atoms with Crippen LogP contribution < -0.4 is 4.31 Å². The van der Waals surface area contributed by atoms with Crippen LogP contribution >= 0.6 is 11.6 Å². The van der Waals surface area contributed by atoms with Gasteiger partial charge in [0.2, 0.25) is 10.0 Å². The van der Waals surface area contributed by atoms with Crippen molar-refractivity contribution in [1.29, 1.82) is 0 Å². The third-order valence-corrected chi connectivity index (χ3v) is 8.81. The van der Waals surface area contributed by atoms with Gasteiger partial charge in [-0.2, -0.15) is 0 Å². The molecule has 0 aliphatic rings. The van der Waals surface area contributed by atoms with E-state index in [0.717, 1.165) is 28.6 Å². The molecule has 0 saturated heterocycles. The van der Waals surface area contributed by atoms with E-state index in [9.17, 15) is 13.2 Å². The predicted octanol–water partition coefficient (Wildman–Crippen LogP) is 7.43. The number of carbonyl (C=O) groups is 1. The topological polar surface area (TPSA) is 97.8 Å². The Labute approximate surface area is 248 Å². The number of sulfonamides is 1. The van der Waals surface area contributed by atoms with Crippen LogP contribution in [0.2, 0.25) is 5.02 Å². The molecule has 3 aromatic heterocycles. The van der Waals surface area contributed by atoms with Crippen molar-refractivity contribution >= 4 is 49.7 Å². The second-order valence-corrected chi connectivity index (χ2v) is 12.6. The van der Waals surface area contributed by atoms with E-state index in [4.69, 9.17) is 16.0 Å². The molecule has 0 aliphatic carbocycles. The average Bonchev–Trinajstić information content (AvgIpc) is 3.57. The first kappa shape index (κ1) is 27.7. The van der Waals surface area contributed by atoms with Crippen LogP contribution in [-0.4, -0.2) is 41.9 Å². The molecule has 212 valence electrons. The van der Waals surface area contributed by atoms with Crippen LogP contribution in [0.4, 0.5) is 5.69 Å². The predicted molar refractivity (Wildman–Crippen MR) is 167 cm³/mol. The molecule has 0 radical (unpaired) electrons. The monoisotopic (exact) mass is 598 g/mol. The van der Waals surface area contributed by atoms with Crippen molar-refractivity contribution in [3.05, 3.63) is 95.4 Å². The van der Waals surface area contributed by atoms with Crippen molar-refractivity contribution in [3.63, 3.8) is 0 Å². The normalized spacial score (nSPS) is 11.8. The van der Waals surface area contributed by atoms with Crippen LogP contribution in [0.15, 0.2) is 83.7 Å². The van der Waals surface area contributed by atoms with Crippen molar-refractivity contribution in [2.75, 3.05) is 17.6 Å². The fraction of sp³-hybridized carbons (Fsp3) is 0.156. The average molecular weight is 599 g/mol. The molecule has 0 atom stereocenters. The Kier molecular flexibility index (Phi) is 6.87. The maximum Gasteiger partial charge on any atom is 0.232 e. The molecular formula is C32H27ClN4O4S. The lowest BCUT2D eigenvalue weighted by Crippen LogP contribution is -2.25. The summed E-state index contributed by atoms with van der Waals surface area (Å²) in [5, 5.41) is 1.21. The lowest BCUT2D eigenvalue weighted by Gasteiger charge is -2.20. The van der Waals surface area contributed by atoms with Gasteiger partial charge in [-0.3, -0.25) is 18.5 Å². The van der Waals surface area contributed by atoms with Crippen molar-refractivity contribution < 1.29 is 17.6 Å². The van der Waals surface area contributed by atoms with Gasteiger partial charge in [-0.15, -0.1) is 0 Å². The summed E-state index contributed by atoms with van der Waals surface area (Å²) in [7, 11) is -2.17. The molecule has 42 heavy (non-hydrogen) atoms. The second kappa shape index (κ2) is 10.4. The molecule has 10 heteroatoms. The highest BCUT2D eigenvalue weighted by Crippen LogP contribution is 2.41. The quantitative estimate of drug-likeness (QED) is 0.177. The third-order valence-electron chi connectivity index (χ3n) is 7.37. The first-order valence-electron chi connectivity index (χ1n) is 13.3. The largest absolute Gasteiger partial charge is 0.455 e. The summed E-state index contributed by atoms with van der Waals surface area (Å²) in [6.07, 6.45) is 6.61. The van der Waals surface area contributed by atoms with Gasteiger partial charge in [-0.1, -0.05) is 60.5 Å². The summed E-state index contributed by atoms with van der Waals surface area (Å²) >= 11 is 6.10. The molecule has 0 unspecified atom stereocenters. The molecule has 8 nitrogen and oxygen atoms in total. The number of rotatable bonds is 7. The summed E-state index contributed by atoms with van der Waals surface area (Å²) in [5.74, 6) is 0.368. The SMILES string of the molecule is CCC(=O)c1c(-c2ccc(C)cc2)oc2cc(N(C)S(C)(=O)=O)c(-c3cn4c(-c5ccc(Cl)cc5)cnc4cn3)cc12. The number of aromatic nitrogens is 3. The van der Waals surface area contributed by atoms with Gasteiger partial charge in [0.15, 0.2) is 11.4 Å². The smallest absolute Gasteiger partial charge is 0.232 e. The van der Waals surface area contributed by atoms with Crippen molar-refractivity contribution in [1.82, 2.24) is 14.4 Å². The Morgan fingerprint density at radius 2 is 1.69 bits per heavy atom. The van der Waals surface area contributed by atoms with Gasteiger partial charge in [-0.05, 0) is 25.1 Å². The summed E-state index contributed by atoms with van der Waals surface area (Å²) in [4.78, 5) is 22.5. The number of furan rings is 1. The van der Waals surface area contributed by atoms with Crippen LogP contribution in [0.25, 0.3) is 50.5 Å². The highest BCUT2D eigenvalue weighted by atomic mass is 35.5. The number of Topliss-reactive ketones (excluding diaryl/α,β-unsaturated/α-hetero) is 1. The fourth-order valence-corrected chi connectivity index (χ4v) is 5.64. The number of fused-ring (bicyclic) bond motifs is 2. The fourth-order valence-electron chi connectivity index (χ4n) is 5.00. The molecule has 0 bridgehead atoms. The Hall–Kier alpha value is -4.47. The van der Waals surface area contributed by atoms with E-state index < -0.39 is 10.0 Å². The van der Waals surface area contributed by atoms with Gasteiger partial charge < -0.3 is 4.42 Å². The molecule has 3 heterocycles. The lowest BCUT2D eigenvalue weighted by molar-refractivity contribution is 0.0989. The van der Waals surface area contributed by atoms with E-state index in [1.807, 2.05) is 66.1 Å². The first-order chi connectivity index (χ1) is 20.0. The summed E-state index contributed by atoms with van der Waals surface area (Å²) < 4.78 is 34.9. The Bertz CT molecular complexity index is 2100. The van der Waals surface area contributed by atoms with Crippen molar-refractivity contribution in [3.8, 4) is 33.8 Å². The molecule has 0 saturated carbocycles. The molecule has 0 spiro atoms. The Balaban J connectivity index is 1.63. The minimum atomic E-state index is -3.66. The number of halogens is 1. The Morgan fingerprint density at radius 3 is 2.36 bits per heavy atom. The maximum absolute atomic E-state index is 13.3. The lowest BCUT2D eigenvalue weighted by atomic mass is 9.98. The van der Waals surface area contributed by atoms with E-state index >= 15 is 0 Å². The van der Waals surface area contributed by atoms with Crippen molar-refractivity contribution in [2.24, 2.45) is 0 Å². The molecule has 0 amide bonds. The zero-order valence-corrected chi connectivity index (χ0v) is 25.0. The van der Waals surface area contributed by atoms with E-state index in [2.05, 4.69) is 9.97 Å². The van der Waals surface area contributed by atoms with Gasteiger partial charge in [0.25, 0.3) is 0 Å². The van der Waals surface area contributed by atoms with Gasteiger partial charge >= 0.3 is 0 Å². The number of benzene rings is 3. The molecule has 3 aromatic carbocycles. The molecule has 6 rings (SSSR count). The highest BCUT2D eigenvalue weighted by Gasteiger charge is 2.26. The van der Waals surface area contributed by atoms with Crippen LogP contribution in [-0.2, 0) is 10.0 Å². The summed E-state index contributed by atoms with van der Waals surface area (Å²) in [5.41, 5.74) is 6.43. The highest BCUT2D eigenvalue weighted by molar-refractivity contribution is 7.92. The van der Waals surface area contributed by atoms with Crippen LogP contribution in [0, 0.1) is 6.92 Å². The first-order valence-corrected chi connectivity index (χ1v) is 15.5. The number of anilines is 1. The van der Waals surface area contributed by atoms with Crippen LogP contribution in [0.5, 0.6) is 0 Å². The van der Waals surface area contributed by atoms with Gasteiger partial charge in [0.05, 0.1) is 41.3 Å². The number of hydrogen-bond acceptors (Lipinski definition) is 6. The van der Waals surface area contributed by atoms with E-state index in [1.54, 1.807) is 31.5 Å². The van der Waals surface area contributed by atoms with Crippen LogP contribution in [0.1, 0.15) is 29.3 Å². The number of aryl methyl sites for hydroxylation is 1. The zero-order valence-electron chi connectivity index (χ0n) is 23.4. The van der Waals surface area contributed by atoms with Gasteiger partial charge in [-0.25, -0.2) is 13.4 Å². The summed E-state index contributed by atoms with van der Waals surface area (Å²) in [6, 6.07) is 18.6. The minimum Gasteiger partial charge on any atom is -0.455 e. The second-order valence-electron chi connectivity index (χ2n) is 10.2. The van der Waals surface area contributed by atoms with Crippen molar-refractivity contribution in [2.45, 2.75) is 20.3 Å². The van der Waals surface area contributed by atoms with Crippen LogP contribution in [0.3, 0.4) is 0 Å². The number of hydrogen-bond donors (Lipinski definition) is 0. The number of carbonyl (C=O) groups excluding carboxylic acids is 1. The number of nitrogens with zero attached hydrogens (tertiary/aromatic N) is 4. The van der Waals surface area contributed by atoms with Gasteiger partial charge in [0.1, 0.15) is 11.3 Å². The van der Waals surface area contributed by atoms with E-state index in [1.165, 1.54) is 11.4 Å². The molecule has 0 fully saturated rings. The maximum atomic E-state index is 13.3. The van der Waals surface area contributed by atoms with Gasteiger partial charge in [0, 0.05) is 52.8 Å². The minimum absolute atomic E-state index is 0.0810. The molecule has 6 aromatic rings. The summed E-state index contributed by atoms with van der Waals surface area (Å²) in [6.45, 7) is 3.79.